The van der Waals surface area contributed by atoms with Crippen LogP contribution >= 0.6 is 15.9 Å². The number of nitrogens with zero attached hydrogens (tertiary/aromatic N) is 1. The average Bonchev–Trinajstić information content (AvgIpc) is 2.46. The van der Waals surface area contributed by atoms with E-state index in [2.05, 4.69) is 15.9 Å². The molecule has 2 aromatic rings. The monoisotopic (exact) mass is 332 g/mol. The number of anilines is 1. The van der Waals surface area contributed by atoms with Crippen molar-refractivity contribution in [2.45, 2.75) is 13.0 Å². The summed E-state index contributed by atoms with van der Waals surface area (Å²) < 4.78 is 0.866. The molecule has 0 fully saturated rings. The molecule has 0 spiro atoms. The Hall–Kier alpha value is -1.81. The first-order valence-corrected chi connectivity index (χ1v) is 7.17. The minimum Gasteiger partial charge on any atom is -0.398 e. The third-order valence-electron chi connectivity index (χ3n) is 3.43. The molecule has 0 saturated heterocycles. The van der Waals surface area contributed by atoms with E-state index in [0.717, 1.165) is 10.0 Å². The van der Waals surface area contributed by atoms with E-state index in [9.17, 15) is 4.79 Å². The number of carbonyl (C=O) groups is 1. The van der Waals surface area contributed by atoms with Crippen LogP contribution in [0.2, 0.25) is 0 Å². The first kappa shape index (κ1) is 14.6. The van der Waals surface area contributed by atoms with Crippen molar-refractivity contribution in [3.63, 3.8) is 0 Å². The zero-order valence-electron chi connectivity index (χ0n) is 11.5. The van der Waals surface area contributed by atoms with Gasteiger partial charge >= 0.3 is 0 Å². The minimum absolute atomic E-state index is 0.00764. The number of amides is 1. The van der Waals surface area contributed by atoms with E-state index >= 15 is 0 Å². The molecule has 1 atom stereocenters. The van der Waals surface area contributed by atoms with Crippen molar-refractivity contribution in [2.24, 2.45) is 0 Å². The van der Waals surface area contributed by atoms with Crippen LogP contribution in [0, 0.1) is 0 Å². The van der Waals surface area contributed by atoms with E-state index < -0.39 is 0 Å². The summed E-state index contributed by atoms with van der Waals surface area (Å²) >= 11 is 3.34. The Morgan fingerprint density at radius 1 is 1.20 bits per heavy atom. The second-order valence-electron chi connectivity index (χ2n) is 4.73. The SMILES string of the molecule is CC(c1ccccc1)N(C)C(=O)c1ccc(Br)cc1N. The molecule has 0 aromatic heterocycles. The van der Waals surface area contributed by atoms with Gasteiger partial charge < -0.3 is 10.6 Å². The highest BCUT2D eigenvalue weighted by Crippen LogP contribution is 2.24. The van der Waals surface area contributed by atoms with Crippen LogP contribution in [0.25, 0.3) is 0 Å². The van der Waals surface area contributed by atoms with Gasteiger partial charge in [-0.1, -0.05) is 46.3 Å². The van der Waals surface area contributed by atoms with E-state index in [1.807, 2.05) is 43.3 Å². The summed E-state index contributed by atoms with van der Waals surface area (Å²) in [5, 5.41) is 0. The van der Waals surface area contributed by atoms with E-state index in [0.29, 0.717) is 11.3 Å². The van der Waals surface area contributed by atoms with Crippen LogP contribution in [-0.4, -0.2) is 17.9 Å². The zero-order valence-corrected chi connectivity index (χ0v) is 13.1. The lowest BCUT2D eigenvalue weighted by Gasteiger charge is -2.26. The Kier molecular flexibility index (Phi) is 4.45. The highest BCUT2D eigenvalue weighted by atomic mass is 79.9. The second-order valence-corrected chi connectivity index (χ2v) is 5.65. The summed E-state index contributed by atoms with van der Waals surface area (Å²) in [6, 6.07) is 15.2. The van der Waals surface area contributed by atoms with Gasteiger partial charge in [0.05, 0.1) is 11.6 Å². The molecular formula is C16H17BrN2O. The summed E-state index contributed by atoms with van der Waals surface area (Å²) in [4.78, 5) is 14.2. The molecule has 20 heavy (non-hydrogen) atoms. The van der Waals surface area contributed by atoms with Gasteiger partial charge in [0.25, 0.3) is 5.91 Å². The molecule has 1 unspecified atom stereocenters. The molecule has 0 radical (unpaired) electrons. The van der Waals surface area contributed by atoms with Gasteiger partial charge in [0.1, 0.15) is 0 Å². The summed E-state index contributed by atoms with van der Waals surface area (Å²) in [6.07, 6.45) is 0. The average molecular weight is 333 g/mol. The third kappa shape index (κ3) is 3.02. The lowest BCUT2D eigenvalue weighted by Crippen LogP contribution is -2.30. The smallest absolute Gasteiger partial charge is 0.256 e. The summed E-state index contributed by atoms with van der Waals surface area (Å²) in [5.41, 5.74) is 8.03. The van der Waals surface area contributed by atoms with Gasteiger partial charge in [0, 0.05) is 17.2 Å². The van der Waals surface area contributed by atoms with Crippen LogP contribution in [0.5, 0.6) is 0 Å². The highest BCUT2D eigenvalue weighted by Gasteiger charge is 2.20. The Balaban J connectivity index is 2.24. The van der Waals surface area contributed by atoms with E-state index in [1.54, 1.807) is 24.1 Å². The fraction of sp³-hybridized carbons (Fsp3) is 0.188. The third-order valence-corrected chi connectivity index (χ3v) is 3.92. The fourth-order valence-corrected chi connectivity index (χ4v) is 2.43. The number of carbonyl (C=O) groups excluding carboxylic acids is 1. The second kappa shape index (κ2) is 6.09. The van der Waals surface area contributed by atoms with Gasteiger partial charge in [-0.3, -0.25) is 4.79 Å². The molecule has 0 saturated carbocycles. The first-order chi connectivity index (χ1) is 9.50. The summed E-state index contributed by atoms with van der Waals surface area (Å²) in [5.74, 6) is -0.0775. The molecule has 4 heteroatoms. The zero-order chi connectivity index (χ0) is 14.7. The molecular weight excluding hydrogens is 316 g/mol. The summed E-state index contributed by atoms with van der Waals surface area (Å²) in [7, 11) is 1.79. The molecule has 0 aliphatic heterocycles. The summed E-state index contributed by atoms with van der Waals surface area (Å²) in [6.45, 7) is 2.00. The highest BCUT2D eigenvalue weighted by molar-refractivity contribution is 9.10. The van der Waals surface area contributed by atoms with Crippen LogP contribution in [0.1, 0.15) is 28.9 Å². The molecule has 0 heterocycles. The Morgan fingerprint density at radius 2 is 1.85 bits per heavy atom. The van der Waals surface area contributed by atoms with Crippen molar-refractivity contribution in [3.05, 3.63) is 64.1 Å². The Bertz CT molecular complexity index is 613. The van der Waals surface area contributed by atoms with E-state index in [1.165, 1.54) is 0 Å². The van der Waals surface area contributed by atoms with E-state index in [-0.39, 0.29) is 11.9 Å². The molecule has 2 rings (SSSR count). The number of nitrogen functional groups attached to an aromatic ring is 1. The normalized spacial score (nSPS) is 11.9. The molecule has 0 aliphatic rings. The molecule has 104 valence electrons. The largest absolute Gasteiger partial charge is 0.398 e. The fourth-order valence-electron chi connectivity index (χ4n) is 2.05. The molecule has 3 nitrogen and oxygen atoms in total. The van der Waals surface area contributed by atoms with Crippen LogP contribution in [0.4, 0.5) is 5.69 Å². The van der Waals surface area contributed by atoms with Crippen molar-refractivity contribution in [1.82, 2.24) is 4.90 Å². The van der Waals surface area contributed by atoms with Gasteiger partial charge in [-0.15, -0.1) is 0 Å². The number of benzene rings is 2. The van der Waals surface area contributed by atoms with E-state index in [4.69, 9.17) is 5.73 Å². The van der Waals surface area contributed by atoms with Crippen molar-refractivity contribution in [3.8, 4) is 0 Å². The van der Waals surface area contributed by atoms with Gasteiger partial charge in [-0.2, -0.15) is 0 Å². The minimum atomic E-state index is -0.0775. The number of hydrogen-bond acceptors (Lipinski definition) is 2. The lowest BCUT2D eigenvalue weighted by atomic mass is 10.1. The number of nitrogens with two attached hydrogens (primary N) is 1. The molecule has 2 N–H and O–H groups in total. The number of rotatable bonds is 3. The van der Waals surface area contributed by atoms with Gasteiger partial charge in [-0.05, 0) is 30.7 Å². The topological polar surface area (TPSA) is 46.3 Å². The van der Waals surface area contributed by atoms with Crippen LogP contribution in [-0.2, 0) is 0 Å². The maximum Gasteiger partial charge on any atom is 0.256 e. The molecule has 0 aliphatic carbocycles. The predicted molar refractivity (Wildman–Crippen MR) is 85.5 cm³/mol. The van der Waals surface area contributed by atoms with Gasteiger partial charge in [-0.25, -0.2) is 0 Å². The van der Waals surface area contributed by atoms with Crippen molar-refractivity contribution >= 4 is 27.5 Å². The van der Waals surface area contributed by atoms with Gasteiger partial charge in [0.2, 0.25) is 0 Å². The van der Waals surface area contributed by atoms with Crippen LogP contribution in [0.3, 0.4) is 0 Å². The Morgan fingerprint density at radius 3 is 2.45 bits per heavy atom. The quantitative estimate of drug-likeness (QED) is 0.867. The molecule has 2 aromatic carbocycles. The molecule has 1 amide bonds. The van der Waals surface area contributed by atoms with Crippen molar-refractivity contribution in [2.75, 3.05) is 12.8 Å². The van der Waals surface area contributed by atoms with Gasteiger partial charge in [0.15, 0.2) is 0 Å². The lowest BCUT2D eigenvalue weighted by molar-refractivity contribution is 0.0743. The Labute approximate surface area is 127 Å². The van der Waals surface area contributed by atoms with Crippen LogP contribution in [0.15, 0.2) is 53.0 Å². The van der Waals surface area contributed by atoms with Crippen LogP contribution < -0.4 is 5.73 Å². The number of halogens is 1. The standard InChI is InChI=1S/C16H17BrN2O/c1-11(12-6-4-3-5-7-12)19(2)16(20)14-9-8-13(17)10-15(14)18/h3-11H,18H2,1-2H3. The first-order valence-electron chi connectivity index (χ1n) is 6.38. The van der Waals surface area contributed by atoms with Crippen molar-refractivity contribution < 1.29 is 4.79 Å². The molecule has 0 bridgehead atoms. The maximum atomic E-state index is 12.5. The maximum absolute atomic E-state index is 12.5. The predicted octanol–water partition coefficient (Wildman–Crippen LogP) is 3.86. The van der Waals surface area contributed by atoms with Crippen molar-refractivity contribution in [1.29, 1.82) is 0 Å². The number of hydrogen-bond donors (Lipinski definition) is 1.